The minimum atomic E-state index is -2.09. The van der Waals surface area contributed by atoms with Gasteiger partial charge in [0.2, 0.25) is 5.12 Å². The molecule has 0 heterocycles. The predicted molar refractivity (Wildman–Crippen MR) is 130 cm³/mol. The van der Waals surface area contributed by atoms with Crippen molar-refractivity contribution in [3.63, 3.8) is 0 Å². The number of allylic oxidation sites excluding steroid dienone is 4. The van der Waals surface area contributed by atoms with E-state index in [1.807, 2.05) is 20.8 Å². The van der Waals surface area contributed by atoms with Crippen molar-refractivity contribution >= 4 is 41.1 Å². The Balaban J connectivity index is 1.88. The lowest BCUT2D eigenvalue weighted by Crippen LogP contribution is -2.69. The molecule has 188 valence electrons. The van der Waals surface area contributed by atoms with Gasteiger partial charge in [0.25, 0.3) is 0 Å². The van der Waals surface area contributed by atoms with Gasteiger partial charge in [-0.2, -0.15) is 0 Å². The normalized spacial score (nSPS) is 45.8. The highest BCUT2D eigenvalue weighted by Crippen LogP contribution is 2.72. The highest BCUT2D eigenvalue weighted by Gasteiger charge is 2.77. The van der Waals surface area contributed by atoms with Crippen molar-refractivity contribution in [2.24, 2.45) is 28.6 Å². The van der Waals surface area contributed by atoms with Gasteiger partial charge in [-0.3, -0.25) is 14.4 Å². The molecule has 3 saturated carbocycles. The summed E-state index contributed by atoms with van der Waals surface area (Å²) < 4.78 is 23.4. The Kier molecular flexibility index (Phi) is 6.22. The molecular weight excluding hydrogens is 479 g/mol. The number of esters is 1. The molecule has 0 saturated heterocycles. The quantitative estimate of drug-likeness (QED) is 0.404. The largest absolute Gasteiger partial charge is 0.449 e. The standard InChI is InChI=1S/C26H34ClFO5S/c1-6-14-11-23(4)16(20(27)21(14)31)9-8-15-17-10-13(3)26(22(32)34,33-19(30)7-2)24(17,5)12-18(29)25(15,23)28/h11,13,15,17-18,29H,6-10,12H2,1-5H3,(H,32,34)/t13-,15-,17-,18-,23-,24-,25-,26-/m0/s1. The summed E-state index contributed by atoms with van der Waals surface area (Å²) in [5, 5.41) is 11.1. The number of aliphatic hydroxyl groups is 1. The summed E-state index contributed by atoms with van der Waals surface area (Å²) in [6.07, 6.45) is 1.94. The first kappa shape index (κ1) is 25.9. The lowest BCUT2D eigenvalue weighted by atomic mass is 9.44. The number of carbonyl (C=O) groups is 3. The van der Waals surface area contributed by atoms with Gasteiger partial charge in [0.1, 0.15) is 0 Å². The molecule has 0 aromatic rings. The van der Waals surface area contributed by atoms with E-state index in [-0.39, 0.29) is 35.5 Å². The number of ketones is 1. The van der Waals surface area contributed by atoms with Crippen LogP contribution in [0.5, 0.6) is 0 Å². The summed E-state index contributed by atoms with van der Waals surface area (Å²) in [5.41, 5.74) is -4.87. The van der Waals surface area contributed by atoms with Crippen molar-refractivity contribution in [2.45, 2.75) is 90.5 Å². The number of aliphatic hydroxyl groups excluding tert-OH is 1. The number of hydrogen-bond acceptors (Lipinski definition) is 5. The first-order chi connectivity index (χ1) is 15.8. The minimum absolute atomic E-state index is 0.0643. The van der Waals surface area contributed by atoms with E-state index in [9.17, 15) is 19.5 Å². The monoisotopic (exact) mass is 512 g/mol. The summed E-state index contributed by atoms with van der Waals surface area (Å²) in [6.45, 7) is 8.89. The van der Waals surface area contributed by atoms with Gasteiger partial charge in [-0.1, -0.05) is 45.4 Å². The highest BCUT2D eigenvalue weighted by atomic mass is 35.5. The summed E-state index contributed by atoms with van der Waals surface area (Å²) >= 11 is 10.7. The minimum Gasteiger partial charge on any atom is -0.449 e. The van der Waals surface area contributed by atoms with E-state index in [0.717, 1.165) is 0 Å². The van der Waals surface area contributed by atoms with Crippen LogP contribution in [0.1, 0.15) is 73.1 Å². The first-order valence-corrected chi connectivity index (χ1v) is 13.1. The van der Waals surface area contributed by atoms with Gasteiger partial charge < -0.3 is 9.84 Å². The average Bonchev–Trinajstić information content (AvgIpc) is 2.99. The number of halogens is 2. The van der Waals surface area contributed by atoms with E-state index in [0.29, 0.717) is 36.8 Å². The Morgan fingerprint density at radius 1 is 1.29 bits per heavy atom. The van der Waals surface area contributed by atoms with Crippen molar-refractivity contribution in [3.05, 3.63) is 22.3 Å². The van der Waals surface area contributed by atoms with Crippen LogP contribution >= 0.6 is 24.2 Å². The molecule has 0 aliphatic heterocycles. The molecule has 4 rings (SSSR count). The number of hydrogen-bond donors (Lipinski definition) is 2. The summed E-state index contributed by atoms with van der Waals surface area (Å²) in [6, 6.07) is 0. The Bertz CT molecular complexity index is 1020. The SMILES string of the molecule is CCC(=O)O[C@]1(C(=O)S)[C@@H](C)C[C@H]2[C@@H]3CCC4=C(Cl)C(=O)C(CC)=C[C@]4(C)[C@@]3(F)[C@@H](O)C[C@@]21C. The van der Waals surface area contributed by atoms with E-state index >= 15 is 4.39 Å². The second kappa shape index (κ2) is 8.17. The highest BCUT2D eigenvalue weighted by molar-refractivity contribution is 7.96. The van der Waals surface area contributed by atoms with Crippen LogP contribution in [0.2, 0.25) is 0 Å². The molecule has 34 heavy (non-hydrogen) atoms. The number of ether oxygens (including phenoxy) is 1. The zero-order valence-electron chi connectivity index (χ0n) is 20.4. The van der Waals surface area contributed by atoms with E-state index < -0.39 is 45.2 Å². The molecule has 8 atom stereocenters. The molecule has 3 fully saturated rings. The molecule has 4 aliphatic rings. The third-order valence-electron chi connectivity index (χ3n) is 9.71. The van der Waals surface area contributed by atoms with Crippen molar-refractivity contribution in [2.75, 3.05) is 0 Å². The Hall–Kier alpha value is -1.18. The molecule has 0 unspecified atom stereocenters. The van der Waals surface area contributed by atoms with Gasteiger partial charge in [-0.05, 0) is 56.1 Å². The van der Waals surface area contributed by atoms with Crippen LogP contribution in [0.4, 0.5) is 4.39 Å². The van der Waals surface area contributed by atoms with Gasteiger partial charge in [0, 0.05) is 29.1 Å². The molecule has 1 N–H and O–H groups in total. The number of thiol groups is 1. The van der Waals surface area contributed by atoms with Crippen molar-refractivity contribution in [1.29, 1.82) is 0 Å². The second-order valence-electron chi connectivity index (χ2n) is 11.0. The molecule has 0 radical (unpaired) electrons. The first-order valence-electron chi connectivity index (χ1n) is 12.2. The molecule has 0 aromatic heterocycles. The topological polar surface area (TPSA) is 80.7 Å². The lowest BCUT2D eigenvalue weighted by molar-refractivity contribution is -0.225. The molecule has 5 nitrogen and oxygen atoms in total. The average molecular weight is 513 g/mol. The summed E-state index contributed by atoms with van der Waals surface area (Å²) in [5.74, 6) is -2.11. The van der Waals surface area contributed by atoms with Crippen LogP contribution in [0.3, 0.4) is 0 Å². The molecule has 4 aliphatic carbocycles. The van der Waals surface area contributed by atoms with E-state index in [4.69, 9.17) is 16.3 Å². The number of carbonyl (C=O) groups excluding carboxylic acids is 3. The van der Waals surface area contributed by atoms with Gasteiger partial charge in [0.05, 0.1) is 11.1 Å². The van der Waals surface area contributed by atoms with Crippen molar-refractivity contribution < 1.29 is 28.6 Å². The van der Waals surface area contributed by atoms with E-state index in [2.05, 4.69) is 12.6 Å². The fourth-order valence-electron chi connectivity index (χ4n) is 8.04. The third-order valence-corrected chi connectivity index (χ3v) is 10.4. The van der Waals surface area contributed by atoms with Crippen LogP contribution in [0, 0.1) is 28.6 Å². The molecule has 0 bridgehead atoms. The molecular formula is C26H34ClFO5S. The zero-order valence-corrected chi connectivity index (χ0v) is 22.1. The smallest absolute Gasteiger partial charge is 0.306 e. The molecule has 0 aromatic carbocycles. The summed E-state index contributed by atoms with van der Waals surface area (Å²) in [4.78, 5) is 38.2. The fraction of sp³-hybridized carbons (Fsp3) is 0.731. The van der Waals surface area contributed by atoms with Crippen molar-refractivity contribution in [1.82, 2.24) is 0 Å². The van der Waals surface area contributed by atoms with Crippen LogP contribution in [0.25, 0.3) is 0 Å². The lowest BCUT2D eigenvalue weighted by Gasteiger charge is -2.63. The van der Waals surface area contributed by atoms with Gasteiger partial charge in [-0.15, -0.1) is 12.6 Å². The number of alkyl halides is 1. The molecule has 8 heteroatoms. The Morgan fingerprint density at radius 3 is 2.50 bits per heavy atom. The maximum atomic E-state index is 17.5. The summed E-state index contributed by atoms with van der Waals surface area (Å²) in [7, 11) is 0. The molecule has 0 amide bonds. The number of fused-ring (bicyclic) bond motifs is 5. The van der Waals surface area contributed by atoms with E-state index in [1.165, 1.54) is 0 Å². The van der Waals surface area contributed by atoms with Crippen LogP contribution in [-0.2, 0) is 19.1 Å². The Labute approximate surface area is 210 Å². The fourth-order valence-corrected chi connectivity index (χ4v) is 8.97. The second-order valence-corrected chi connectivity index (χ2v) is 11.8. The number of Topliss-reactive ketones (excluding diaryl/α,β-unsaturated/α-hetero) is 1. The van der Waals surface area contributed by atoms with Crippen LogP contribution < -0.4 is 0 Å². The zero-order chi connectivity index (χ0) is 25.4. The van der Waals surface area contributed by atoms with Gasteiger partial charge >= 0.3 is 5.97 Å². The third kappa shape index (κ3) is 2.92. The maximum Gasteiger partial charge on any atom is 0.306 e. The predicted octanol–water partition coefficient (Wildman–Crippen LogP) is 5.10. The number of rotatable bonds is 4. The van der Waals surface area contributed by atoms with Gasteiger partial charge in [0.15, 0.2) is 17.1 Å². The molecule has 0 spiro atoms. The van der Waals surface area contributed by atoms with Crippen LogP contribution in [-0.4, -0.2) is 39.3 Å². The maximum absolute atomic E-state index is 17.5. The van der Waals surface area contributed by atoms with Gasteiger partial charge in [-0.25, -0.2) is 4.39 Å². The van der Waals surface area contributed by atoms with Crippen LogP contribution in [0.15, 0.2) is 22.3 Å². The Morgan fingerprint density at radius 2 is 1.94 bits per heavy atom. The van der Waals surface area contributed by atoms with Crippen molar-refractivity contribution in [3.8, 4) is 0 Å². The van der Waals surface area contributed by atoms with E-state index in [1.54, 1.807) is 19.9 Å².